The first-order chi connectivity index (χ1) is 11.4. The van der Waals surface area contributed by atoms with Crippen LogP contribution in [-0.2, 0) is 9.53 Å². The van der Waals surface area contributed by atoms with Gasteiger partial charge in [-0.05, 0) is 19.1 Å². The van der Waals surface area contributed by atoms with Gasteiger partial charge in [-0.1, -0.05) is 64.6 Å². The van der Waals surface area contributed by atoms with Crippen LogP contribution in [0.25, 0.3) is 0 Å². The van der Waals surface area contributed by atoms with Crippen LogP contribution in [0.2, 0.25) is 15.1 Å². The lowest BCUT2D eigenvalue weighted by Gasteiger charge is -2.07. The van der Waals surface area contributed by atoms with Gasteiger partial charge in [0.05, 0.1) is 20.8 Å². The molecule has 0 amide bonds. The van der Waals surface area contributed by atoms with E-state index in [0.29, 0.717) is 15.5 Å². The van der Waals surface area contributed by atoms with E-state index in [9.17, 15) is 9.59 Å². The molecule has 0 aliphatic rings. The SMILES string of the molecule is Cc1ccc(C(=O)COC(=O)CSc2ccc(Cl)c(Cl)c2Cl)cc1. The maximum Gasteiger partial charge on any atom is 0.316 e. The van der Waals surface area contributed by atoms with Crippen molar-refractivity contribution in [2.24, 2.45) is 0 Å². The topological polar surface area (TPSA) is 43.4 Å². The number of halogens is 3. The Labute approximate surface area is 159 Å². The molecule has 24 heavy (non-hydrogen) atoms. The fraction of sp³-hybridized carbons (Fsp3) is 0.176. The largest absolute Gasteiger partial charge is 0.457 e. The van der Waals surface area contributed by atoms with Crippen LogP contribution in [0, 0.1) is 6.92 Å². The third kappa shape index (κ3) is 5.15. The van der Waals surface area contributed by atoms with Gasteiger partial charge in [0.25, 0.3) is 0 Å². The van der Waals surface area contributed by atoms with Crippen LogP contribution in [-0.4, -0.2) is 24.1 Å². The molecule has 0 saturated heterocycles. The molecule has 0 bridgehead atoms. The Morgan fingerprint density at radius 1 is 1.00 bits per heavy atom. The van der Waals surface area contributed by atoms with Crippen molar-refractivity contribution < 1.29 is 14.3 Å². The monoisotopic (exact) mass is 402 g/mol. The lowest BCUT2D eigenvalue weighted by atomic mass is 10.1. The standard InChI is InChI=1S/C17H13Cl3O3S/c1-10-2-4-11(5-3-10)13(21)8-23-15(22)9-24-14-7-6-12(18)16(19)17(14)20/h2-7H,8-9H2,1H3. The molecule has 2 aromatic rings. The summed E-state index contributed by atoms with van der Waals surface area (Å²) in [6.45, 7) is 1.64. The molecular formula is C17H13Cl3O3S. The number of hydrogen-bond donors (Lipinski definition) is 0. The van der Waals surface area contributed by atoms with Crippen LogP contribution in [0.1, 0.15) is 15.9 Å². The summed E-state index contributed by atoms with van der Waals surface area (Å²) in [6.07, 6.45) is 0. The fourth-order valence-electron chi connectivity index (χ4n) is 1.77. The van der Waals surface area contributed by atoms with Gasteiger partial charge < -0.3 is 4.74 Å². The van der Waals surface area contributed by atoms with E-state index in [2.05, 4.69) is 0 Å². The normalized spacial score (nSPS) is 10.5. The number of benzene rings is 2. The number of carbonyl (C=O) groups is 2. The highest BCUT2D eigenvalue weighted by Crippen LogP contribution is 2.37. The molecule has 0 N–H and O–H groups in total. The molecule has 7 heteroatoms. The summed E-state index contributed by atoms with van der Waals surface area (Å²) in [5.74, 6) is -0.748. The van der Waals surface area contributed by atoms with E-state index in [0.717, 1.165) is 5.56 Å². The first-order valence-electron chi connectivity index (χ1n) is 6.90. The molecule has 0 fully saturated rings. The van der Waals surface area contributed by atoms with Crippen LogP contribution in [0.5, 0.6) is 0 Å². The predicted octanol–water partition coefficient (Wildman–Crippen LogP) is 5.47. The molecule has 2 rings (SSSR count). The van der Waals surface area contributed by atoms with Crippen molar-refractivity contribution in [1.82, 2.24) is 0 Å². The van der Waals surface area contributed by atoms with Crippen molar-refractivity contribution in [3.63, 3.8) is 0 Å². The van der Waals surface area contributed by atoms with Gasteiger partial charge in [-0.25, -0.2) is 0 Å². The highest BCUT2D eigenvalue weighted by molar-refractivity contribution is 8.00. The number of rotatable bonds is 6. The van der Waals surface area contributed by atoms with Gasteiger partial charge in [0.2, 0.25) is 0 Å². The van der Waals surface area contributed by atoms with Gasteiger partial charge in [-0.3, -0.25) is 9.59 Å². The van der Waals surface area contributed by atoms with Gasteiger partial charge in [0.15, 0.2) is 12.4 Å². The molecule has 0 unspecified atom stereocenters. The zero-order valence-corrected chi connectivity index (χ0v) is 15.7. The van der Waals surface area contributed by atoms with Crippen molar-refractivity contribution in [1.29, 1.82) is 0 Å². The van der Waals surface area contributed by atoms with Gasteiger partial charge in [-0.2, -0.15) is 0 Å². The first-order valence-corrected chi connectivity index (χ1v) is 9.02. The second kappa shape index (κ2) is 8.77. The van der Waals surface area contributed by atoms with E-state index in [1.165, 1.54) is 11.8 Å². The maximum absolute atomic E-state index is 11.9. The quantitative estimate of drug-likeness (QED) is 0.277. The summed E-state index contributed by atoms with van der Waals surface area (Å²) in [6, 6.07) is 10.3. The Morgan fingerprint density at radius 2 is 1.67 bits per heavy atom. The second-order valence-corrected chi connectivity index (χ2v) is 7.09. The molecule has 0 aliphatic heterocycles. The van der Waals surface area contributed by atoms with Crippen LogP contribution in [0.15, 0.2) is 41.3 Å². The fourth-order valence-corrected chi connectivity index (χ4v) is 3.27. The first kappa shape index (κ1) is 19.1. The average Bonchev–Trinajstić information content (AvgIpc) is 2.57. The van der Waals surface area contributed by atoms with E-state index in [1.54, 1.807) is 24.3 Å². The van der Waals surface area contributed by atoms with E-state index in [1.807, 2.05) is 19.1 Å². The van der Waals surface area contributed by atoms with Crippen molar-refractivity contribution in [3.05, 3.63) is 62.6 Å². The van der Waals surface area contributed by atoms with E-state index < -0.39 is 5.97 Å². The summed E-state index contributed by atoms with van der Waals surface area (Å²) in [5, 5.41) is 0.876. The lowest BCUT2D eigenvalue weighted by molar-refractivity contribution is -0.139. The minimum atomic E-state index is -0.511. The minimum Gasteiger partial charge on any atom is -0.457 e. The Balaban J connectivity index is 1.84. The molecule has 0 spiro atoms. The van der Waals surface area contributed by atoms with Crippen LogP contribution < -0.4 is 0 Å². The molecule has 0 atom stereocenters. The number of carbonyl (C=O) groups excluding carboxylic acids is 2. The van der Waals surface area contributed by atoms with E-state index >= 15 is 0 Å². The van der Waals surface area contributed by atoms with Crippen molar-refractivity contribution >= 4 is 58.3 Å². The molecule has 3 nitrogen and oxygen atoms in total. The molecule has 0 aromatic heterocycles. The van der Waals surface area contributed by atoms with Crippen molar-refractivity contribution in [2.75, 3.05) is 12.4 Å². The highest BCUT2D eigenvalue weighted by Gasteiger charge is 2.13. The Hall–Kier alpha value is -1.20. The number of Topliss-reactive ketones (excluding diaryl/α,β-unsaturated/α-hetero) is 1. The number of esters is 1. The number of ether oxygens (including phenoxy) is 1. The number of hydrogen-bond acceptors (Lipinski definition) is 4. The summed E-state index contributed by atoms with van der Waals surface area (Å²) in [5.41, 5.74) is 1.56. The zero-order chi connectivity index (χ0) is 17.7. The summed E-state index contributed by atoms with van der Waals surface area (Å²) in [4.78, 5) is 24.3. The molecule has 0 saturated carbocycles. The number of aryl methyl sites for hydroxylation is 1. The summed E-state index contributed by atoms with van der Waals surface area (Å²) in [7, 11) is 0. The Kier molecular flexibility index (Phi) is 6.99. The third-order valence-corrected chi connectivity index (χ3v) is 5.52. The van der Waals surface area contributed by atoms with Gasteiger partial charge in [0.1, 0.15) is 0 Å². The van der Waals surface area contributed by atoms with Crippen molar-refractivity contribution in [3.8, 4) is 0 Å². The highest BCUT2D eigenvalue weighted by atomic mass is 35.5. The summed E-state index contributed by atoms with van der Waals surface area (Å²) < 4.78 is 4.99. The number of ketones is 1. The molecule has 0 heterocycles. The lowest BCUT2D eigenvalue weighted by Crippen LogP contribution is -2.15. The maximum atomic E-state index is 11.9. The van der Waals surface area contributed by atoms with E-state index in [-0.39, 0.29) is 28.2 Å². The van der Waals surface area contributed by atoms with Crippen molar-refractivity contribution in [2.45, 2.75) is 11.8 Å². The van der Waals surface area contributed by atoms with Gasteiger partial charge >= 0.3 is 5.97 Å². The molecule has 2 aromatic carbocycles. The minimum absolute atomic E-state index is 0.0128. The zero-order valence-electron chi connectivity index (χ0n) is 12.6. The number of thioether (sulfide) groups is 1. The van der Waals surface area contributed by atoms with Crippen LogP contribution in [0.4, 0.5) is 0 Å². The van der Waals surface area contributed by atoms with Gasteiger partial charge in [-0.15, -0.1) is 11.8 Å². The molecule has 0 aliphatic carbocycles. The van der Waals surface area contributed by atoms with E-state index in [4.69, 9.17) is 39.5 Å². The van der Waals surface area contributed by atoms with Crippen LogP contribution in [0.3, 0.4) is 0 Å². The average molecular weight is 404 g/mol. The third-order valence-electron chi connectivity index (χ3n) is 3.08. The Bertz CT molecular complexity index is 760. The molecular weight excluding hydrogens is 391 g/mol. The summed E-state index contributed by atoms with van der Waals surface area (Å²) >= 11 is 19.0. The smallest absolute Gasteiger partial charge is 0.316 e. The van der Waals surface area contributed by atoms with Crippen LogP contribution >= 0.6 is 46.6 Å². The second-order valence-electron chi connectivity index (χ2n) is 4.91. The van der Waals surface area contributed by atoms with Gasteiger partial charge in [0, 0.05) is 10.5 Å². The molecule has 126 valence electrons. The Morgan fingerprint density at radius 3 is 2.33 bits per heavy atom. The molecule has 0 radical (unpaired) electrons. The predicted molar refractivity (Wildman–Crippen MR) is 98.7 cm³/mol.